The van der Waals surface area contributed by atoms with Crippen LogP contribution in [0.5, 0.6) is 0 Å². The van der Waals surface area contributed by atoms with Gasteiger partial charge in [0.25, 0.3) is 0 Å². The van der Waals surface area contributed by atoms with Crippen molar-refractivity contribution in [2.45, 2.75) is 95.9 Å². The fraction of sp³-hybridized carbons (Fsp3) is 0.944. The quantitative estimate of drug-likeness (QED) is 0.696. The fourth-order valence-electron chi connectivity index (χ4n) is 3.58. The molecule has 1 aliphatic carbocycles. The van der Waals surface area contributed by atoms with Crippen molar-refractivity contribution in [2.75, 3.05) is 13.1 Å². The Labute approximate surface area is 141 Å². The highest BCUT2D eigenvalue weighted by Gasteiger charge is 2.27. The summed E-state index contributed by atoms with van der Waals surface area (Å²) in [6.07, 6.45) is 9.43. The average Bonchev–Trinajstić information content (AvgIpc) is 2.69. The second-order valence-corrected chi connectivity index (χ2v) is 8.05. The van der Waals surface area contributed by atoms with Gasteiger partial charge in [-0.2, -0.15) is 0 Å². The number of nitrogens with one attached hydrogen (secondary N) is 3. The van der Waals surface area contributed by atoms with Gasteiger partial charge in [0.05, 0.1) is 0 Å². The molecule has 0 aromatic carbocycles. The maximum Gasteiger partial charge on any atom is 0.407 e. The Hall–Kier alpha value is -0.810. The lowest BCUT2D eigenvalue weighted by Crippen LogP contribution is -2.53. The first-order valence-corrected chi connectivity index (χ1v) is 9.40. The molecule has 3 unspecified atom stereocenters. The molecule has 0 aromatic rings. The van der Waals surface area contributed by atoms with Gasteiger partial charge in [0.1, 0.15) is 5.60 Å². The molecule has 1 saturated heterocycles. The molecule has 1 amide bonds. The lowest BCUT2D eigenvalue weighted by Gasteiger charge is -2.31. The summed E-state index contributed by atoms with van der Waals surface area (Å²) in [6.45, 7) is 7.85. The van der Waals surface area contributed by atoms with Crippen molar-refractivity contribution < 1.29 is 9.53 Å². The summed E-state index contributed by atoms with van der Waals surface area (Å²) >= 11 is 0. The van der Waals surface area contributed by atoms with E-state index in [0.29, 0.717) is 12.1 Å². The van der Waals surface area contributed by atoms with E-state index >= 15 is 0 Å². The largest absolute Gasteiger partial charge is 0.444 e. The van der Waals surface area contributed by atoms with Crippen LogP contribution in [0.15, 0.2) is 0 Å². The predicted octanol–water partition coefficient (Wildman–Crippen LogP) is 2.94. The lowest BCUT2D eigenvalue weighted by molar-refractivity contribution is 0.0489. The number of carbonyl (C=O) groups excluding carboxylic acids is 1. The molecule has 5 heteroatoms. The van der Waals surface area contributed by atoms with Crippen molar-refractivity contribution in [3.8, 4) is 0 Å². The van der Waals surface area contributed by atoms with E-state index in [9.17, 15) is 4.79 Å². The maximum atomic E-state index is 12.1. The van der Waals surface area contributed by atoms with Gasteiger partial charge in [-0.1, -0.05) is 25.7 Å². The standard InChI is InChI=1S/C18H35N3O2/c1-18(2,3)23-17(22)21-16-11-6-4-5-10-15(16)20-13-14-9-7-8-12-19-14/h14-16,19-20H,4-13H2,1-3H3,(H,21,22). The van der Waals surface area contributed by atoms with E-state index in [1.807, 2.05) is 20.8 Å². The first kappa shape index (κ1) is 18.5. The summed E-state index contributed by atoms with van der Waals surface area (Å²) in [5.74, 6) is 0. The molecule has 3 N–H and O–H groups in total. The monoisotopic (exact) mass is 325 g/mol. The van der Waals surface area contributed by atoms with Crippen LogP contribution in [-0.4, -0.2) is 42.9 Å². The minimum Gasteiger partial charge on any atom is -0.444 e. The van der Waals surface area contributed by atoms with Gasteiger partial charge in [-0.15, -0.1) is 0 Å². The van der Waals surface area contributed by atoms with Crippen molar-refractivity contribution in [3.63, 3.8) is 0 Å². The van der Waals surface area contributed by atoms with Gasteiger partial charge in [-0.25, -0.2) is 4.79 Å². The molecule has 0 aromatic heterocycles. The Morgan fingerprint density at radius 2 is 1.74 bits per heavy atom. The number of hydrogen-bond donors (Lipinski definition) is 3. The Kier molecular flexibility index (Phi) is 7.15. The van der Waals surface area contributed by atoms with E-state index in [-0.39, 0.29) is 12.1 Å². The highest BCUT2D eigenvalue weighted by atomic mass is 16.6. The van der Waals surface area contributed by atoms with Crippen LogP contribution >= 0.6 is 0 Å². The fourth-order valence-corrected chi connectivity index (χ4v) is 3.58. The molecule has 0 radical (unpaired) electrons. The molecule has 2 aliphatic rings. The molecule has 2 rings (SSSR count). The maximum absolute atomic E-state index is 12.1. The zero-order valence-corrected chi connectivity index (χ0v) is 15.1. The normalized spacial score (nSPS) is 29.6. The van der Waals surface area contributed by atoms with Crippen molar-refractivity contribution in [3.05, 3.63) is 0 Å². The molecule has 2 fully saturated rings. The molecule has 5 nitrogen and oxygen atoms in total. The van der Waals surface area contributed by atoms with Gasteiger partial charge in [-0.3, -0.25) is 0 Å². The topological polar surface area (TPSA) is 62.4 Å². The van der Waals surface area contributed by atoms with Crippen molar-refractivity contribution in [2.24, 2.45) is 0 Å². The number of alkyl carbamates (subject to hydrolysis) is 1. The van der Waals surface area contributed by atoms with Crippen molar-refractivity contribution in [1.82, 2.24) is 16.0 Å². The SMILES string of the molecule is CC(C)(C)OC(=O)NC1CCCCCC1NCC1CCCCN1. The Bertz CT molecular complexity index is 362. The molecular formula is C18H35N3O2. The highest BCUT2D eigenvalue weighted by molar-refractivity contribution is 5.68. The summed E-state index contributed by atoms with van der Waals surface area (Å²) in [7, 11) is 0. The molecule has 23 heavy (non-hydrogen) atoms. The molecule has 134 valence electrons. The van der Waals surface area contributed by atoms with Crippen molar-refractivity contribution in [1.29, 1.82) is 0 Å². The third-order valence-corrected chi connectivity index (χ3v) is 4.76. The van der Waals surface area contributed by atoms with Gasteiger partial charge < -0.3 is 20.7 Å². The first-order chi connectivity index (χ1) is 10.9. The van der Waals surface area contributed by atoms with Crippen LogP contribution in [0.4, 0.5) is 4.79 Å². The number of carbonyl (C=O) groups is 1. The average molecular weight is 325 g/mol. The smallest absolute Gasteiger partial charge is 0.407 e. The van der Waals surface area contributed by atoms with Crippen LogP contribution in [0.3, 0.4) is 0 Å². The van der Waals surface area contributed by atoms with Gasteiger partial charge >= 0.3 is 6.09 Å². The highest BCUT2D eigenvalue weighted by Crippen LogP contribution is 2.19. The number of hydrogen-bond acceptors (Lipinski definition) is 4. The molecule has 0 spiro atoms. The number of rotatable bonds is 4. The minimum absolute atomic E-state index is 0.177. The summed E-state index contributed by atoms with van der Waals surface area (Å²) < 4.78 is 5.43. The minimum atomic E-state index is -0.441. The Balaban J connectivity index is 1.84. The van der Waals surface area contributed by atoms with Crippen LogP contribution in [-0.2, 0) is 4.74 Å². The summed E-state index contributed by atoms with van der Waals surface area (Å²) in [5.41, 5.74) is -0.441. The second kappa shape index (κ2) is 8.88. The van der Waals surface area contributed by atoms with Crippen LogP contribution in [0.25, 0.3) is 0 Å². The van der Waals surface area contributed by atoms with Gasteiger partial charge in [0, 0.05) is 24.7 Å². The van der Waals surface area contributed by atoms with Crippen LogP contribution in [0.2, 0.25) is 0 Å². The lowest BCUT2D eigenvalue weighted by atomic mass is 10.0. The third-order valence-electron chi connectivity index (χ3n) is 4.76. The number of piperidine rings is 1. The van der Waals surface area contributed by atoms with E-state index in [1.54, 1.807) is 0 Å². The van der Waals surface area contributed by atoms with Crippen molar-refractivity contribution >= 4 is 6.09 Å². The van der Waals surface area contributed by atoms with Gasteiger partial charge in [0.2, 0.25) is 0 Å². The van der Waals surface area contributed by atoms with E-state index in [0.717, 1.165) is 25.9 Å². The van der Waals surface area contributed by atoms with Crippen LogP contribution in [0.1, 0.15) is 72.1 Å². The Morgan fingerprint density at radius 3 is 2.39 bits per heavy atom. The zero-order chi connectivity index (χ0) is 16.7. The van der Waals surface area contributed by atoms with Gasteiger partial charge in [-0.05, 0) is 53.0 Å². The zero-order valence-electron chi connectivity index (χ0n) is 15.1. The van der Waals surface area contributed by atoms with Crippen LogP contribution < -0.4 is 16.0 Å². The number of amides is 1. The summed E-state index contributed by atoms with van der Waals surface area (Å²) in [6, 6.07) is 1.11. The first-order valence-electron chi connectivity index (χ1n) is 9.40. The summed E-state index contributed by atoms with van der Waals surface area (Å²) in [4.78, 5) is 12.1. The molecule has 1 saturated carbocycles. The van der Waals surface area contributed by atoms with Crippen LogP contribution in [0, 0.1) is 0 Å². The van der Waals surface area contributed by atoms with E-state index in [2.05, 4.69) is 16.0 Å². The van der Waals surface area contributed by atoms with Gasteiger partial charge in [0.15, 0.2) is 0 Å². The van der Waals surface area contributed by atoms with E-state index < -0.39 is 5.60 Å². The number of ether oxygens (including phenoxy) is 1. The molecule has 1 heterocycles. The Morgan fingerprint density at radius 1 is 1.04 bits per heavy atom. The molecule has 3 atom stereocenters. The molecular weight excluding hydrogens is 290 g/mol. The molecule has 1 aliphatic heterocycles. The second-order valence-electron chi connectivity index (χ2n) is 8.05. The predicted molar refractivity (Wildman–Crippen MR) is 93.7 cm³/mol. The summed E-state index contributed by atoms with van der Waals surface area (Å²) in [5, 5.41) is 10.4. The third kappa shape index (κ3) is 7.08. The van der Waals surface area contributed by atoms with E-state index in [4.69, 9.17) is 4.74 Å². The van der Waals surface area contributed by atoms with E-state index in [1.165, 1.54) is 38.5 Å². The molecule has 0 bridgehead atoms.